The fourth-order valence-electron chi connectivity index (χ4n) is 3.13. The van der Waals surface area contributed by atoms with Crippen LogP contribution < -0.4 is 10.5 Å². The number of morpholine rings is 1. The fourth-order valence-corrected chi connectivity index (χ4v) is 4.02. The molecule has 0 unspecified atom stereocenters. The van der Waals surface area contributed by atoms with Gasteiger partial charge in [-0.1, -0.05) is 17.8 Å². The Labute approximate surface area is 161 Å². The molecule has 9 heteroatoms. The number of aryl methyl sites for hydroxylation is 1. The summed E-state index contributed by atoms with van der Waals surface area (Å²) in [5.74, 6) is 1.45. The maximum Gasteiger partial charge on any atom is 0.258 e. The molecular weight excluding hydrogens is 364 g/mol. The maximum atomic E-state index is 12.4. The summed E-state index contributed by atoms with van der Waals surface area (Å²) < 4.78 is 9.10. The van der Waals surface area contributed by atoms with E-state index in [-0.39, 0.29) is 5.56 Å². The Morgan fingerprint density at radius 3 is 2.81 bits per heavy atom. The lowest BCUT2D eigenvalue weighted by Gasteiger charge is -2.27. The number of thioether (sulfide) groups is 1. The van der Waals surface area contributed by atoms with Gasteiger partial charge in [0.15, 0.2) is 5.16 Å². The molecule has 4 heterocycles. The van der Waals surface area contributed by atoms with E-state index in [2.05, 4.69) is 31.6 Å². The minimum Gasteiger partial charge on any atom is -0.378 e. The van der Waals surface area contributed by atoms with Crippen LogP contribution in [-0.2, 0) is 17.0 Å². The third-order valence-corrected chi connectivity index (χ3v) is 5.52. The summed E-state index contributed by atoms with van der Waals surface area (Å²) in [6.07, 6.45) is 1.81. The highest BCUT2D eigenvalue weighted by Gasteiger charge is 2.20. The van der Waals surface area contributed by atoms with Crippen molar-refractivity contribution in [3.63, 3.8) is 0 Å². The van der Waals surface area contributed by atoms with Gasteiger partial charge in [0.2, 0.25) is 5.95 Å². The van der Waals surface area contributed by atoms with Crippen LogP contribution in [0.5, 0.6) is 0 Å². The molecule has 1 fully saturated rings. The standard InChI is InChI=1S/C18H22N6O2S/c1-3-23-17(22-6-8-26-9-7-22)20-21-18(23)27-12-14-10-16(25)24-11-13(2)4-5-15(24)19-14/h4-5,10-11H,3,6-9,12H2,1-2H3. The van der Waals surface area contributed by atoms with Crippen molar-refractivity contribution in [1.29, 1.82) is 0 Å². The van der Waals surface area contributed by atoms with E-state index in [9.17, 15) is 4.79 Å². The van der Waals surface area contributed by atoms with Gasteiger partial charge in [0.25, 0.3) is 5.56 Å². The molecule has 27 heavy (non-hydrogen) atoms. The van der Waals surface area contributed by atoms with E-state index < -0.39 is 0 Å². The van der Waals surface area contributed by atoms with Gasteiger partial charge in [0.05, 0.1) is 18.9 Å². The molecule has 0 spiro atoms. The third-order valence-electron chi connectivity index (χ3n) is 4.52. The lowest BCUT2D eigenvalue weighted by Crippen LogP contribution is -2.38. The van der Waals surface area contributed by atoms with Crippen LogP contribution in [0.4, 0.5) is 5.95 Å². The summed E-state index contributed by atoms with van der Waals surface area (Å²) in [5.41, 5.74) is 2.37. The number of rotatable bonds is 5. The lowest BCUT2D eigenvalue weighted by molar-refractivity contribution is 0.121. The highest BCUT2D eigenvalue weighted by Crippen LogP contribution is 2.25. The van der Waals surface area contributed by atoms with Gasteiger partial charge in [-0.2, -0.15) is 0 Å². The predicted molar refractivity (Wildman–Crippen MR) is 104 cm³/mol. The molecule has 1 saturated heterocycles. The average Bonchev–Trinajstić information content (AvgIpc) is 3.10. The molecule has 0 bridgehead atoms. The zero-order chi connectivity index (χ0) is 18.8. The SMILES string of the molecule is CCn1c(SCc2cc(=O)n3cc(C)ccc3n2)nnc1N1CCOCC1. The molecule has 0 saturated carbocycles. The summed E-state index contributed by atoms with van der Waals surface area (Å²) in [6.45, 7) is 7.90. The van der Waals surface area contributed by atoms with Crippen molar-refractivity contribution in [3.05, 3.63) is 46.0 Å². The van der Waals surface area contributed by atoms with Crippen LogP contribution in [0.2, 0.25) is 0 Å². The van der Waals surface area contributed by atoms with Crippen LogP contribution >= 0.6 is 11.8 Å². The Morgan fingerprint density at radius 2 is 2.04 bits per heavy atom. The van der Waals surface area contributed by atoms with Crippen LogP contribution in [-0.4, -0.2) is 50.5 Å². The molecule has 1 aliphatic heterocycles. The molecule has 8 nitrogen and oxygen atoms in total. The van der Waals surface area contributed by atoms with Crippen LogP contribution in [0.15, 0.2) is 34.3 Å². The summed E-state index contributed by atoms with van der Waals surface area (Å²) >= 11 is 1.55. The van der Waals surface area contributed by atoms with Crippen LogP contribution in [0.1, 0.15) is 18.2 Å². The second kappa shape index (κ2) is 7.69. The Morgan fingerprint density at radius 1 is 1.22 bits per heavy atom. The number of fused-ring (bicyclic) bond motifs is 1. The molecule has 0 atom stereocenters. The topological polar surface area (TPSA) is 77.5 Å². The van der Waals surface area contributed by atoms with Crippen LogP contribution in [0.25, 0.3) is 5.65 Å². The second-order valence-electron chi connectivity index (χ2n) is 6.44. The first-order valence-electron chi connectivity index (χ1n) is 9.03. The monoisotopic (exact) mass is 386 g/mol. The normalized spacial score (nSPS) is 14.8. The summed E-state index contributed by atoms with van der Waals surface area (Å²) in [7, 11) is 0. The molecule has 0 aliphatic carbocycles. The summed E-state index contributed by atoms with van der Waals surface area (Å²) in [4.78, 5) is 19.2. The second-order valence-corrected chi connectivity index (χ2v) is 7.38. The predicted octanol–water partition coefficient (Wildman–Crippen LogP) is 1.74. The van der Waals surface area contributed by atoms with E-state index in [1.54, 1.807) is 22.2 Å². The smallest absolute Gasteiger partial charge is 0.258 e. The van der Waals surface area contributed by atoms with Crippen molar-refractivity contribution >= 4 is 23.4 Å². The molecule has 0 aromatic carbocycles. The third kappa shape index (κ3) is 3.70. The highest BCUT2D eigenvalue weighted by molar-refractivity contribution is 7.98. The van der Waals surface area contributed by atoms with Gasteiger partial charge in [-0.3, -0.25) is 13.8 Å². The molecule has 1 aliphatic rings. The van der Waals surface area contributed by atoms with Gasteiger partial charge in [0.1, 0.15) is 5.65 Å². The zero-order valence-corrected chi connectivity index (χ0v) is 16.3. The van der Waals surface area contributed by atoms with Crippen molar-refractivity contribution in [2.75, 3.05) is 31.2 Å². The van der Waals surface area contributed by atoms with Crippen LogP contribution in [0.3, 0.4) is 0 Å². The van der Waals surface area contributed by atoms with Gasteiger partial charge >= 0.3 is 0 Å². The summed E-state index contributed by atoms with van der Waals surface area (Å²) in [5, 5.41) is 9.57. The number of aromatic nitrogens is 5. The lowest BCUT2D eigenvalue weighted by atomic mass is 10.3. The Hall–Kier alpha value is -2.39. The molecule has 0 N–H and O–H groups in total. The molecule has 0 radical (unpaired) electrons. The summed E-state index contributed by atoms with van der Waals surface area (Å²) in [6, 6.07) is 5.42. The van der Waals surface area contributed by atoms with Crippen molar-refractivity contribution in [1.82, 2.24) is 24.1 Å². The van der Waals surface area contributed by atoms with E-state index >= 15 is 0 Å². The fraction of sp³-hybridized carbons (Fsp3) is 0.444. The Balaban J connectivity index is 1.55. The van der Waals surface area contributed by atoms with Crippen molar-refractivity contribution in [3.8, 4) is 0 Å². The number of ether oxygens (including phenoxy) is 1. The molecule has 3 aromatic heterocycles. The highest BCUT2D eigenvalue weighted by atomic mass is 32.2. The maximum absolute atomic E-state index is 12.4. The number of hydrogen-bond acceptors (Lipinski definition) is 7. The minimum absolute atomic E-state index is 0.0646. The first-order valence-corrected chi connectivity index (χ1v) is 10.0. The van der Waals surface area contributed by atoms with Crippen molar-refractivity contribution in [2.45, 2.75) is 31.3 Å². The Kier molecular flexibility index (Phi) is 5.13. The van der Waals surface area contributed by atoms with E-state index in [1.807, 2.05) is 25.3 Å². The van der Waals surface area contributed by atoms with Crippen molar-refractivity contribution < 1.29 is 4.74 Å². The Bertz CT molecular complexity index is 1010. The molecule has 142 valence electrons. The van der Waals surface area contributed by atoms with Gasteiger partial charge in [-0.25, -0.2) is 4.98 Å². The van der Waals surface area contributed by atoms with E-state index in [1.165, 1.54) is 0 Å². The number of anilines is 1. The number of nitrogens with zero attached hydrogens (tertiary/aromatic N) is 6. The van der Waals surface area contributed by atoms with Crippen molar-refractivity contribution in [2.24, 2.45) is 0 Å². The first kappa shape index (κ1) is 18.0. The number of hydrogen-bond donors (Lipinski definition) is 0. The first-order chi connectivity index (χ1) is 13.2. The largest absolute Gasteiger partial charge is 0.378 e. The zero-order valence-electron chi connectivity index (χ0n) is 15.5. The number of pyridine rings is 1. The molecular formula is C18H22N6O2S. The van der Waals surface area contributed by atoms with E-state index in [0.717, 1.165) is 42.0 Å². The van der Waals surface area contributed by atoms with Crippen LogP contribution in [0, 0.1) is 6.92 Å². The van der Waals surface area contributed by atoms with E-state index in [4.69, 9.17) is 4.74 Å². The van der Waals surface area contributed by atoms with E-state index in [0.29, 0.717) is 24.6 Å². The molecule has 0 amide bonds. The average molecular weight is 386 g/mol. The molecule has 3 aromatic rings. The minimum atomic E-state index is -0.0646. The van der Waals surface area contributed by atoms with Gasteiger partial charge in [-0.15, -0.1) is 10.2 Å². The van der Waals surface area contributed by atoms with Gasteiger partial charge < -0.3 is 9.64 Å². The quantitative estimate of drug-likeness (QED) is 0.618. The molecule has 4 rings (SSSR count). The van der Waals surface area contributed by atoms with Gasteiger partial charge in [0, 0.05) is 37.7 Å². The van der Waals surface area contributed by atoms with Gasteiger partial charge in [-0.05, 0) is 25.5 Å².